The second-order valence-corrected chi connectivity index (χ2v) is 6.46. The van der Waals surface area contributed by atoms with Crippen LogP contribution in [-0.2, 0) is 9.59 Å². The molecule has 4 atom stereocenters. The zero-order valence-corrected chi connectivity index (χ0v) is 12.3. The average Bonchev–Trinajstić information content (AvgIpc) is 2.48. The quantitative estimate of drug-likeness (QED) is 0.583. The highest BCUT2D eigenvalue weighted by Gasteiger charge is 2.33. The summed E-state index contributed by atoms with van der Waals surface area (Å²) >= 11 is 0. The van der Waals surface area contributed by atoms with Crippen molar-refractivity contribution >= 4 is 12.2 Å². The maximum absolute atomic E-state index is 10.4. The molecule has 2 aliphatic carbocycles. The first-order valence-corrected chi connectivity index (χ1v) is 7.88. The molecule has 0 bridgehead atoms. The lowest BCUT2D eigenvalue weighted by atomic mass is 9.69. The first kappa shape index (κ1) is 15.2. The highest BCUT2D eigenvalue weighted by molar-refractivity contribution is 5.34. The molecule has 2 rings (SSSR count). The van der Waals surface area contributed by atoms with Gasteiger partial charge < -0.3 is 0 Å². The van der Waals surface area contributed by atoms with E-state index in [4.69, 9.17) is 0 Å². The number of hydrogen-bond donors (Lipinski definition) is 0. The number of rotatable bonds is 4. The Morgan fingerprint density at radius 1 is 0.850 bits per heavy atom. The minimum atomic E-state index is 0.182. The molecule has 2 fully saturated rings. The van der Waals surface area contributed by atoms with Crippen molar-refractivity contribution in [2.75, 3.05) is 0 Å². The Morgan fingerprint density at radius 2 is 1.30 bits per heavy atom. The standard InChI is InChI=1S/C16H24N2O2/c1-12(13-4-2-6-15(8-13)17-10-19)14-5-3-7-16(9-14)18-11-20/h12-16H,2-9H2,1H3. The Labute approximate surface area is 120 Å². The maximum Gasteiger partial charge on any atom is 0.235 e. The third kappa shape index (κ3) is 3.88. The molecule has 4 unspecified atom stereocenters. The van der Waals surface area contributed by atoms with Gasteiger partial charge in [0, 0.05) is 0 Å². The lowest BCUT2D eigenvalue weighted by Crippen LogP contribution is -2.31. The van der Waals surface area contributed by atoms with E-state index < -0.39 is 0 Å². The molecule has 110 valence electrons. The monoisotopic (exact) mass is 276 g/mol. The minimum Gasteiger partial charge on any atom is -0.211 e. The van der Waals surface area contributed by atoms with Crippen LogP contribution in [0.2, 0.25) is 0 Å². The molecule has 0 aliphatic heterocycles. The largest absolute Gasteiger partial charge is 0.235 e. The topological polar surface area (TPSA) is 58.9 Å². The first-order valence-electron chi connectivity index (χ1n) is 7.88. The van der Waals surface area contributed by atoms with E-state index >= 15 is 0 Å². The van der Waals surface area contributed by atoms with Crippen LogP contribution in [0.25, 0.3) is 0 Å². The third-order valence-electron chi connectivity index (χ3n) is 5.33. The summed E-state index contributed by atoms with van der Waals surface area (Å²) in [6.07, 6.45) is 12.3. The van der Waals surface area contributed by atoms with Gasteiger partial charge in [-0.2, -0.15) is 0 Å². The fourth-order valence-corrected chi connectivity index (χ4v) is 4.13. The number of carbonyl (C=O) groups excluding carboxylic acids is 2. The molecule has 20 heavy (non-hydrogen) atoms. The van der Waals surface area contributed by atoms with Crippen molar-refractivity contribution in [1.82, 2.24) is 0 Å². The van der Waals surface area contributed by atoms with Gasteiger partial charge in [0.2, 0.25) is 12.2 Å². The van der Waals surface area contributed by atoms with E-state index in [-0.39, 0.29) is 12.1 Å². The summed E-state index contributed by atoms with van der Waals surface area (Å²) in [5.41, 5.74) is 0. The van der Waals surface area contributed by atoms with Crippen LogP contribution >= 0.6 is 0 Å². The normalized spacial score (nSPS) is 35.5. The number of aliphatic imine (C=N–C) groups is 2. The van der Waals surface area contributed by atoms with Gasteiger partial charge in [-0.05, 0) is 43.4 Å². The van der Waals surface area contributed by atoms with E-state index in [1.54, 1.807) is 12.2 Å². The van der Waals surface area contributed by atoms with Gasteiger partial charge in [-0.15, -0.1) is 0 Å². The number of isocyanates is 2. The fraction of sp³-hybridized carbons (Fsp3) is 0.875. The van der Waals surface area contributed by atoms with E-state index in [1.807, 2.05) is 0 Å². The van der Waals surface area contributed by atoms with Crippen LogP contribution in [0.1, 0.15) is 58.3 Å². The van der Waals surface area contributed by atoms with E-state index in [2.05, 4.69) is 16.9 Å². The molecule has 0 aromatic rings. The summed E-state index contributed by atoms with van der Waals surface area (Å²) in [5, 5.41) is 0. The first-order chi connectivity index (χ1) is 9.74. The molecule has 4 heteroatoms. The molecule has 0 aromatic carbocycles. The molecule has 0 N–H and O–H groups in total. The highest BCUT2D eigenvalue weighted by Crippen LogP contribution is 2.40. The van der Waals surface area contributed by atoms with Crippen LogP contribution in [0.3, 0.4) is 0 Å². The second-order valence-electron chi connectivity index (χ2n) is 6.46. The Morgan fingerprint density at radius 3 is 1.70 bits per heavy atom. The van der Waals surface area contributed by atoms with E-state index in [1.165, 1.54) is 12.8 Å². The van der Waals surface area contributed by atoms with Gasteiger partial charge in [-0.25, -0.2) is 19.6 Å². The molecule has 2 aliphatic rings. The molecule has 0 aromatic heterocycles. The van der Waals surface area contributed by atoms with Crippen molar-refractivity contribution in [2.45, 2.75) is 70.4 Å². The van der Waals surface area contributed by atoms with Crippen molar-refractivity contribution in [1.29, 1.82) is 0 Å². The van der Waals surface area contributed by atoms with Crippen LogP contribution in [0.4, 0.5) is 0 Å². The number of nitrogens with zero attached hydrogens (tertiary/aromatic N) is 2. The molecule has 0 saturated heterocycles. The molecule has 2 saturated carbocycles. The predicted octanol–water partition coefficient (Wildman–Crippen LogP) is 3.41. The SMILES string of the molecule is CC(C1CCCC(N=C=O)C1)C1CCCC(N=C=O)C1. The average molecular weight is 276 g/mol. The highest BCUT2D eigenvalue weighted by atomic mass is 16.1. The van der Waals surface area contributed by atoms with E-state index in [9.17, 15) is 9.59 Å². The van der Waals surface area contributed by atoms with Gasteiger partial charge >= 0.3 is 0 Å². The zero-order valence-electron chi connectivity index (χ0n) is 12.3. The Bertz CT molecular complexity index is 373. The lowest BCUT2D eigenvalue weighted by Gasteiger charge is -2.38. The van der Waals surface area contributed by atoms with Gasteiger partial charge in [0.15, 0.2) is 0 Å². The van der Waals surface area contributed by atoms with Crippen molar-refractivity contribution in [3.8, 4) is 0 Å². The van der Waals surface area contributed by atoms with Crippen molar-refractivity contribution < 1.29 is 9.59 Å². The Hall–Kier alpha value is -1.24. The van der Waals surface area contributed by atoms with Crippen molar-refractivity contribution in [2.24, 2.45) is 27.7 Å². The molecule has 0 radical (unpaired) electrons. The number of hydrogen-bond acceptors (Lipinski definition) is 4. The Kier molecular flexibility index (Phi) is 5.70. The van der Waals surface area contributed by atoms with Gasteiger partial charge in [0.25, 0.3) is 0 Å². The second kappa shape index (κ2) is 7.52. The lowest BCUT2D eigenvalue weighted by molar-refractivity contribution is 0.144. The van der Waals surface area contributed by atoms with Crippen LogP contribution < -0.4 is 0 Å². The van der Waals surface area contributed by atoms with Gasteiger partial charge in [0.05, 0.1) is 12.1 Å². The van der Waals surface area contributed by atoms with E-state index in [0.29, 0.717) is 17.8 Å². The Balaban J connectivity index is 1.93. The zero-order chi connectivity index (χ0) is 14.4. The third-order valence-corrected chi connectivity index (χ3v) is 5.33. The fourth-order valence-electron chi connectivity index (χ4n) is 4.13. The van der Waals surface area contributed by atoms with Crippen LogP contribution in [0.15, 0.2) is 9.98 Å². The van der Waals surface area contributed by atoms with Gasteiger partial charge in [-0.3, -0.25) is 0 Å². The van der Waals surface area contributed by atoms with E-state index in [0.717, 1.165) is 38.5 Å². The molecule has 0 heterocycles. The van der Waals surface area contributed by atoms with Crippen molar-refractivity contribution in [3.63, 3.8) is 0 Å². The summed E-state index contributed by atoms with van der Waals surface area (Å²) in [5.74, 6) is 1.92. The molecule has 0 amide bonds. The predicted molar refractivity (Wildman–Crippen MR) is 76.9 cm³/mol. The molecular weight excluding hydrogens is 252 g/mol. The van der Waals surface area contributed by atoms with Gasteiger partial charge in [-0.1, -0.05) is 32.6 Å². The summed E-state index contributed by atoms with van der Waals surface area (Å²) in [7, 11) is 0. The summed E-state index contributed by atoms with van der Waals surface area (Å²) in [4.78, 5) is 28.7. The minimum absolute atomic E-state index is 0.182. The van der Waals surface area contributed by atoms with Crippen LogP contribution in [-0.4, -0.2) is 24.2 Å². The molecular formula is C16H24N2O2. The molecule has 0 spiro atoms. The summed E-state index contributed by atoms with van der Waals surface area (Å²) < 4.78 is 0. The summed E-state index contributed by atoms with van der Waals surface area (Å²) in [6, 6.07) is 0.363. The van der Waals surface area contributed by atoms with Crippen molar-refractivity contribution in [3.05, 3.63) is 0 Å². The van der Waals surface area contributed by atoms with Crippen LogP contribution in [0.5, 0.6) is 0 Å². The smallest absolute Gasteiger partial charge is 0.211 e. The molecule has 4 nitrogen and oxygen atoms in total. The van der Waals surface area contributed by atoms with Crippen LogP contribution in [0, 0.1) is 17.8 Å². The summed E-state index contributed by atoms with van der Waals surface area (Å²) in [6.45, 7) is 2.33. The van der Waals surface area contributed by atoms with Gasteiger partial charge in [0.1, 0.15) is 0 Å². The maximum atomic E-state index is 10.4.